The number of aliphatic carboxylic acids is 1. The molecule has 0 aliphatic carbocycles. The summed E-state index contributed by atoms with van der Waals surface area (Å²) in [5, 5.41) is 8.98. The van der Waals surface area contributed by atoms with Crippen molar-refractivity contribution in [3.05, 3.63) is 0 Å². The molecule has 5 heteroatoms. The van der Waals surface area contributed by atoms with Crippen LogP contribution in [0.3, 0.4) is 0 Å². The maximum Gasteiger partial charge on any atom is 0.336 e. The third-order valence-corrected chi connectivity index (χ3v) is 3.20. The second-order valence-corrected chi connectivity index (χ2v) is 4.05. The van der Waals surface area contributed by atoms with Crippen LogP contribution in [-0.2, 0) is 14.3 Å². The van der Waals surface area contributed by atoms with E-state index in [0.717, 1.165) is 5.75 Å². The average Bonchev–Trinajstić information content (AvgIpc) is 2.55. The van der Waals surface area contributed by atoms with Crippen molar-refractivity contribution < 1.29 is 19.4 Å². The molecule has 4 nitrogen and oxygen atoms in total. The summed E-state index contributed by atoms with van der Waals surface area (Å²) in [5.74, 6) is 0.555. The van der Waals surface area contributed by atoms with Crippen LogP contribution in [0.15, 0.2) is 0 Å². The van der Waals surface area contributed by atoms with Gasteiger partial charge in [-0.05, 0) is 12.2 Å². The first-order chi connectivity index (χ1) is 6.21. The number of thioether (sulfide) groups is 1. The number of carboxylic acid groups (broad SMARTS) is 1. The molecule has 13 heavy (non-hydrogen) atoms. The molecule has 0 aromatic carbocycles. The second kappa shape index (κ2) is 4.83. The van der Waals surface area contributed by atoms with Gasteiger partial charge in [-0.2, -0.15) is 11.8 Å². The van der Waals surface area contributed by atoms with Crippen LogP contribution in [0.4, 0.5) is 0 Å². The monoisotopic (exact) mass is 206 g/mol. The molecular weight excluding hydrogens is 192 g/mol. The Morgan fingerprint density at radius 3 is 2.85 bits per heavy atom. The summed E-state index contributed by atoms with van der Waals surface area (Å²) in [6, 6.07) is 0. The molecule has 0 amide bonds. The van der Waals surface area contributed by atoms with E-state index in [9.17, 15) is 4.79 Å². The van der Waals surface area contributed by atoms with E-state index >= 15 is 0 Å². The number of hydrogen-bond acceptors (Lipinski definition) is 4. The minimum atomic E-state index is -0.955. The number of ether oxygens (including phenoxy) is 2. The molecule has 1 N–H and O–H groups in total. The zero-order chi connectivity index (χ0) is 9.73. The first-order valence-electron chi connectivity index (χ1n) is 4.15. The summed E-state index contributed by atoms with van der Waals surface area (Å²) in [6.07, 6.45) is 0.594. The van der Waals surface area contributed by atoms with Crippen LogP contribution in [0.5, 0.6) is 0 Å². The minimum Gasteiger partial charge on any atom is -0.479 e. The van der Waals surface area contributed by atoms with Crippen molar-refractivity contribution in [2.75, 3.05) is 31.8 Å². The minimum absolute atomic E-state index is 0.351. The molecule has 1 saturated heterocycles. The molecule has 1 fully saturated rings. The predicted molar refractivity (Wildman–Crippen MR) is 50.1 cm³/mol. The summed E-state index contributed by atoms with van der Waals surface area (Å²) < 4.78 is 10.1. The highest BCUT2D eigenvalue weighted by atomic mass is 32.2. The van der Waals surface area contributed by atoms with Crippen molar-refractivity contribution in [1.82, 2.24) is 0 Å². The molecule has 0 saturated carbocycles. The molecule has 1 unspecified atom stereocenters. The number of carboxylic acids is 1. The van der Waals surface area contributed by atoms with Crippen molar-refractivity contribution in [2.45, 2.75) is 12.0 Å². The lowest BCUT2D eigenvalue weighted by molar-refractivity contribution is -0.163. The van der Waals surface area contributed by atoms with Crippen molar-refractivity contribution in [3.63, 3.8) is 0 Å². The molecule has 0 aromatic heterocycles. The quantitative estimate of drug-likeness (QED) is 0.668. The van der Waals surface area contributed by atoms with Gasteiger partial charge in [0.05, 0.1) is 13.2 Å². The normalized spacial score (nSPS) is 27.8. The lowest BCUT2D eigenvalue weighted by Gasteiger charge is -2.23. The maximum absolute atomic E-state index is 10.9. The molecule has 1 rings (SSSR count). The Kier molecular flexibility index (Phi) is 4.02. The molecule has 76 valence electrons. The van der Waals surface area contributed by atoms with E-state index in [2.05, 4.69) is 0 Å². The lowest BCUT2D eigenvalue weighted by Crippen LogP contribution is -2.42. The van der Waals surface area contributed by atoms with E-state index in [1.165, 1.54) is 0 Å². The highest BCUT2D eigenvalue weighted by Crippen LogP contribution is 2.31. The van der Waals surface area contributed by atoms with E-state index in [-0.39, 0.29) is 0 Å². The van der Waals surface area contributed by atoms with Gasteiger partial charge in [-0.25, -0.2) is 4.79 Å². The largest absolute Gasteiger partial charge is 0.479 e. The van der Waals surface area contributed by atoms with Crippen LogP contribution < -0.4 is 0 Å². The third-order valence-electron chi connectivity index (χ3n) is 2.04. The molecule has 1 aliphatic heterocycles. The van der Waals surface area contributed by atoms with Crippen molar-refractivity contribution >= 4 is 17.7 Å². The van der Waals surface area contributed by atoms with E-state index in [4.69, 9.17) is 14.6 Å². The summed E-state index contributed by atoms with van der Waals surface area (Å²) in [6.45, 7) is 0.795. The standard InChI is InChI=1S/C8H14O4S/c1-11-3-4-12-8(7(9)10)2-5-13-6-8/h2-6H2,1H3,(H,9,10). The number of carbonyl (C=O) groups is 1. The SMILES string of the molecule is COCCOC1(C(=O)O)CCSC1. The Morgan fingerprint density at radius 1 is 1.62 bits per heavy atom. The Hall–Kier alpha value is -0.260. The molecule has 1 atom stereocenters. The van der Waals surface area contributed by atoms with Gasteiger partial charge in [0.2, 0.25) is 0 Å². The van der Waals surface area contributed by atoms with E-state index in [0.29, 0.717) is 25.4 Å². The Labute approximate surface area is 81.6 Å². The predicted octanol–water partition coefficient (Wildman–Crippen LogP) is 0.610. The zero-order valence-corrected chi connectivity index (χ0v) is 8.43. The van der Waals surface area contributed by atoms with Gasteiger partial charge in [0.1, 0.15) is 0 Å². The molecular formula is C8H14O4S. The smallest absolute Gasteiger partial charge is 0.336 e. The number of hydrogen-bond donors (Lipinski definition) is 1. The molecule has 0 spiro atoms. The lowest BCUT2D eigenvalue weighted by atomic mass is 10.0. The first-order valence-corrected chi connectivity index (χ1v) is 5.31. The Balaban J connectivity index is 2.43. The topological polar surface area (TPSA) is 55.8 Å². The summed E-state index contributed by atoms with van der Waals surface area (Å²) in [4.78, 5) is 10.9. The fourth-order valence-corrected chi connectivity index (χ4v) is 2.51. The molecule has 1 aliphatic rings. The van der Waals surface area contributed by atoms with Crippen LogP contribution in [0.25, 0.3) is 0 Å². The second-order valence-electron chi connectivity index (χ2n) is 2.94. The van der Waals surface area contributed by atoms with E-state index < -0.39 is 11.6 Å². The van der Waals surface area contributed by atoms with Gasteiger partial charge in [0.25, 0.3) is 0 Å². The van der Waals surface area contributed by atoms with Crippen LogP contribution in [0.2, 0.25) is 0 Å². The van der Waals surface area contributed by atoms with Crippen LogP contribution in [0.1, 0.15) is 6.42 Å². The van der Waals surface area contributed by atoms with Crippen LogP contribution >= 0.6 is 11.8 Å². The zero-order valence-electron chi connectivity index (χ0n) is 7.62. The van der Waals surface area contributed by atoms with Gasteiger partial charge in [-0.1, -0.05) is 0 Å². The molecule has 0 aromatic rings. The van der Waals surface area contributed by atoms with Gasteiger partial charge in [-0.3, -0.25) is 0 Å². The average molecular weight is 206 g/mol. The van der Waals surface area contributed by atoms with E-state index in [1.807, 2.05) is 0 Å². The van der Waals surface area contributed by atoms with Crippen LogP contribution in [0, 0.1) is 0 Å². The van der Waals surface area contributed by atoms with Gasteiger partial charge < -0.3 is 14.6 Å². The van der Waals surface area contributed by atoms with Crippen molar-refractivity contribution in [3.8, 4) is 0 Å². The summed E-state index contributed by atoms with van der Waals surface area (Å²) in [7, 11) is 1.57. The summed E-state index contributed by atoms with van der Waals surface area (Å²) >= 11 is 1.62. The van der Waals surface area contributed by atoms with Gasteiger partial charge >= 0.3 is 5.97 Å². The highest BCUT2D eigenvalue weighted by molar-refractivity contribution is 7.99. The van der Waals surface area contributed by atoms with Gasteiger partial charge in [0.15, 0.2) is 5.60 Å². The highest BCUT2D eigenvalue weighted by Gasteiger charge is 2.42. The Morgan fingerprint density at radius 2 is 2.38 bits per heavy atom. The van der Waals surface area contributed by atoms with Gasteiger partial charge in [0, 0.05) is 12.9 Å². The van der Waals surface area contributed by atoms with Gasteiger partial charge in [-0.15, -0.1) is 0 Å². The number of rotatable bonds is 5. The molecule has 0 bridgehead atoms. The fourth-order valence-electron chi connectivity index (χ4n) is 1.21. The number of methoxy groups -OCH3 is 1. The first kappa shape index (κ1) is 10.8. The third kappa shape index (κ3) is 2.59. The summed E-state index contributed by atoms with van der Waals surface area (Å²) in [5.41, 5.74) is -0.955. The fraction of sp³-hybridized carbons (Fsp3) is 0.875. The van der Waals surface area contributed by atoms with Crippen molar-refractivity contribution in [2.24, 2.45) is 0 Å². The Bertz CT molecular complexity index is 177. The van der Waals surface area contributed by atoms with Crippen LogP contribution in [-0.4, -0.2) is 48.5 Å². The molecule has 1 heterocycles. The maximum atomic E-state index is 10.9. The molecule has 0 radical (unpaired) electrons. The van der Waals surface area contributed by atoms with E-state index in [1.54, 1.807) is 18.9 Å². The van der Waals surface area contributed by atoms with Crippen molar-refractivity contribution in [1.29, 1.82) is 0 Å².